The predicted octanol–water partition coefficient (Wildman–Crippen LogP) is 0.457. The van der Waals surface area contributed by atoms with Crippen LogP contribution >= 0.6 is 0 Å². The zero-order valence-electron chi connectivity index (χ0n) is 13.5. The molecule has 118 valence electrons. The molecule has 0 aromatic rings. The fourth-order valence-electron chi connectivity index (χ4n) is 2.81. The molecule has 0 aliphatic carbocycles. The summed E-state index contributed by atoms with van der Waals surface area (Å²) in [6.45, 7) is 5.79. The smallest absolute Gasteiger partial charge is 0.223 e. The highest BCUT2D eigenvalue weighted by molar-refractivity contribution is 5.76. The number of rotatable bonds is 8. The molecule has 0 aromatic heterocycles. The van der Waals surface area contributed by atoms with Crippen LogP contribution < -0.4 is 5.73 Å². The summed E-state index contributed by atoms with van der Waals surface area (Å²) in [7, 11) is 6.16. The minimum Gasteiger partial charge on any atom is -0.346 e. The monoisotopic (exact) mass is 284 g/mol. The van der Waals surface area contributed by atoms with Gasteiger partial charge in [0.1, 0.15) is 0 Å². The molecule has 1 aliphatic rings. The number of piperidine rings is 1. The second-order valence-corrected chi connectivity index (χ2v) is 6.25. The van der Waals surface area contributed by atoms with Crippen LogP contribution in [-0.2, 0) is 4.79 Å². The zero-order valence-corrected chi connectivity index (χ0v) is 13.5. The van der Waals surface area contributed by atoms with E-state index in [1.807, 2.05) is 11.9 Å². The van der Waals surface area contributed by atoms with Crippen LogP contribution in [0.3, 0.4) is 0 Å². The van der Waals surface area contributed by atoms with E-state index in [-0.39, 0.29) is 5.91 Å². The number of hydrogen-bond acceptors (Lipinski definition) is 4. The van der Waals surface area contributed by atoms with E-state index in [1.165, 1.54) is 19.4 Å². The van der Waals surface area contributed by atoms with Gasteiger partial charge in [-0.2, -0.15) is 0 Å². The van der Waals surface area contributed by atoms with E-state index in [2.05, 4.69) is 23.9 Å². The molecular weight excluding hydrogens is 252 g/mol. The summed E-state index contributed by atoms with van der Waals surface area (Å²) in [4.78, 5) is 18.5. The topological polar surface area (TPSA) is 52.8 Å². The van der Waals surface area contributed by atoms with Crippen molar-refractivity contribution in [1.29, 1.82) is 0 Å². The molecule has 0 spiro atoms. The number of hydrogen-bond donors (Lipinski definition) is 1. The first kappa shape index (κ1) is 17.4. The SMILES string of the molecule is CN(C)CC1CCN(CCC(=O)N(C)CCCN)CC1. The minimum absolute atomic E-state index is 0.244. The molecule has 0 bridgehead atoms. The molecule has 5 nitrogen and oxygen atoms in total. The Bertz CT molecular complexity index is 275. The summed E-state index contributed by atoms with van der Waals surface area (Å²) in [5, 5.41) is 0. The van der Waals surface area contributed by atoms with E-state index >= 15 is 0 Å². The van der Waals surface area contributed by atoms with Gasteiger partial charge in [0, 0.05) is 33.1 Å². The summed E-state index contributed by atoms with van der Waals surface area (Å²) < 4.78 is 0. The molecule has 0 unspecified atom stereocenters. The molecule has 0 atom stereocenters. The Balaban J connectivity index is 2.16. The number of nitrogens with two attached hydrogens (primary N) is 1. The highest BCUT2D eigenvalue weighted by Gasteiger charge is 2.20. The Morgan fingerprint density at radius 2 is 1.90 bits per heavy atom. The van der Waals surface area contributed by atoms with Crippen molar-refractivity contribution >= 4 is 5.91 Å². The number of amides is 1. The van der Waals surface area contributed by atoms with Crippen LogP contribution in [0.25, 0.3) is 0 Å². The molecule has 0 saturated carbocycles. The number of likely N-dealkylation sites (tertiary alicyclic amines) is 1. The quantitative estimate of drug-likeness (QED) is 0.703. The first-order valence-electron chi connectivity index (χ1n) is 7.84. The van der Waals surface area contributed by atoms with Gasteiger partial charge in [0.05, 0.1) is 0 Å². The normalized spacial score (nSPS) is 17.6. The molecule has 0 radical (unpaired) electrons. The van der Waals surface area contributed by atoms with Crippen LogP contribution in [0.15, 0.2) is 0 Å². The lowest BCUT2D eigenvalue weighted by atomic mass is 9.96. The Kier molecular flexibility index (Phi) is 8.11. The maximum absolute atomic E-state index is 12.0. The maximum atomic E-state index is 12.0. The van der Waals surface area contributed by atoms with Crippen molar-refractivity contribution in [2.24, 2.45) is 11.7 Å². The third kappa shape index (κ3) is 6.68. The lowest BCUT2D eigenvalue weighted by Gasteiger charge is -2.33. The standard InChI is InChI=1S/C15H32N4O/c1-17(2)13-14-5-10-19(11-6-14)12-7-15(20)18(3)9-4-8-16/h14H,4-13,16H2,1-3H3. The van der Waals surface area contributed by atoms with Gasteiger partial charge < -0.3 is 20.4 Å². The molecule has 2 N–H and O–H groups in total. The highest BCUT2D eigenvalue weighted by Crippen LogP contribution is 2.17. The fourth-order valence-corrected chi connectivity index (χ4v) is 2.81. The van der Waals surface area contributed by atoms with Crippen LogP contribution in [0.5, 0.6) is 0 Å². The molecule has 1 amide bonds. The van der Waals surface area contributed by atoms with E-state index in [9.17, 15) is 4.79 Å². The van der Waals surface area contributed by atoms with Crippen LogP contribution in [0.4, 0.5) is 0 Å². The minimum atomic E-state index is 0.244. The summed E-state index contributed by atoms with van der Waals surface area (Å²) in [6.07, 6.45) is 4.04. The van der Waals surface area contributed by atoms with Crippen molar-refractivity contribution in [1.82, 2.24) is 14.7 Å². The van der Waals surface area contributed by atoms with Gasteiger partial charge in [-0.25, -0.2) is 0 Å². The molecule has 1 saturated heterocycles. The molecule has 1 fully saturated rings. The van der Waals surface area contributed by atoms with Gasteiger partial charge in [0.25, 0.3) is 0 Å². The van der Waals surface area contributed by atoms with Crippen LogP contribution in [0, 0.1) is 5.92 Å². The molecule has 1 aliphatic heterocycles. The van der Waals surface area contributed by atoms with Crippen molar-refractivity contribution in [3.63, 3.8) is 0 Å². The van der Waals surface area contributed by atoms with Gasteiger partial charge in [-0.3, -0.25) is 4.79 Å². The van der Waals surface area contributed by atoms with E-state index < -0.39 is 0 Å². The van der Waals surface area contributed by atoms with Crippen molar-refractivity contribution in [3.05, 3.63) is 0 Å². The van der Waals surface area contributed by atoms with Crippen molar-refractivity contribution in [3.8, 4) is 0 Å². The van der Waals surface area contributed by atoms with E-state index in [1.54, 1.807) is 0 Å². The number of nitrogens with zero attached hydrogens (tertiary/aromatic N) is 3. The Morgan fingerprint density at radius 3 is 2.45 bits per heavy atom. The van der Waals surface area contributed by atoms with Gasteiger partial charge in [0.15, 0.2) is 0 Å². The Hall–Kier alpha value is -0.650. The van der Waals surface area contributed by atoms with Gasteiger partial charge in [0.2, 0.25) is 5.91 Å². The molecule has 1 heterocycles. The lowest BCUT2D eigenvalue weighted by Crippen LogP contribution is -2.39. The maximum Gasteiger partial charge on any atom is 0.223 e. The number of carbonyl (C=O) groups is 1. The molecule has 0 aromatic carbocycles. The van der Waals surface area contributed by atoms with Crippen molar-refractivity contribution in [2.75, 3.05) is 60.4 Å². The van der Waals surface area contributed by atoms with Crippen LogP contribution in [0.1, 0.15) is 25.7 Å². The van der Waals surface area contributed by atoms with Crippen molar-refractivity contribution < 1.29 is 4.79 Å². The van der Waals surface area contributed by atoms with E-state index in [4.69, 9.17) is 5.73 Å². The summed E-state index contributed by atoms with van der Waals surface area (Å²) >= 11 is 0. The Morgan fingerprint density at radius 1 is 1.25 bits per heavy atom. The largest absolute Gasteiger partial charge is 0.346 e. The fraction of sp³-hybridized carbons (Fsp3) is 0.933. The van der Waals surface area contributed by atoms with Crippen LogP contribution in [-0.4, -0.2) is 81.0 Å². The van der Waals surface area contributed by atoms with E-state index in [0.29, 0.717) is 13.0 Å². The van der Waals surface area contributed by atoms with Crippen molar-refractivity contribution in [2.45, 2.75) is 25.7 Å². The third-order valence-corrected chi connectivity index (χ3v) is 4.10. The van der Waals surface area contributed by atoms with Gasteiger partial charge in [-0.1, -0.05) is 0 Å². The second-order valence-electron chi connectivity index (χ2n) is 6.25. The molecular formula is C15H32N4O. The first-order valence-corrected chi connectivity index (χ1v) is 7.84. The summed E-state index contributed by atoms with van der Waals surface area (Å²) in [6, 6.07) is 0. The number of carbonyl (C=O) groups excluding carboxylic acids is 1. The zero-order chi connectivity index (χ0) is 15.0. The first-order chi connectivity index (χ1) is 9.52. The second kappa shape index (κ2) is 9.32. The Labute approximate surface area is 124 Å². The van der Waals surface area contributed by atoms with Gasteiger partial charge in [-0.15, -0.1) is 0 Å². The average Bonchev–Trinajstić information content (AvgIpc) is 2.43. The molecule has 1 rings (SSSR count). The van der Waals surface area contributed by atoms with Crippen LogP contribution in [0.2, 0.25) is 0 Å². The molecule has 5 heteroatoms. The highest BCUT2D eigenvalue weighted by atomic mass is 16.2. The summed E-state index contributed by atoms with van der Waals surface area (Å²) in [5.41, 5.74) is 5.47. The third-order valence-electron chi connectivity index (χ3n) is 4.10. The van der Waals surface area contributed by atoms with E-state index in [0.717, 1.165) is 38.5 Å². The lowest BCUT2D eigenvalue weighted by molar-refractivity contribution is -0.130. The predicted molar refractivity (Wildman–Crippen MR) is 83.6 cm³/mol. The summed E-state index contributed by atoms with van der Waals surface area (Å²) in [5.74, 6) is 1.07. The van der Waals surface area contributed by atoms with Gasteiger partial charge >= 0.3 is 0 Å². The van der Waals surface area contributed by atoms with Gasteiger partial charge in [-0.05, 0) is 58.9 Å². The average molecular weight is 284 g/mol. The molecule has 20 heavy (non-hydrogen) atoms.